The maximum absolute atomic E-state index is 13.0. The lowest BCUT2D eigenvalue weighted by Gasteiger charge is -2.10. The number of rotatable bonds is 4. The van der Waals surface area contributed by atoms with Gasteiger partial charge in [0.15, 0.2) is 0 Å². The molecule has 0 unspecified atom stereocenters. The lowest BCUT2D eigenvalue weighted by Crippen LogP contribution is -2.24. The Morgan fingerprint density at radius 2 is 2.06 bits per heavy atom. The summed E-state index contributed by atoms with van der Waals surface area (Å²) in [6.07, 6.45) is -2.76. The highest BCUT2D eigenvalue weighted by Crippen LogP contribution is 2.31. The molecule has 1 aromatic carbocycles. The lowest BCUT2D eigenvalue weighted by atomic mass is 10.1. The fourth-order valence-electron chi connectivity index (χ4n) is 1.27. The Balaban J connectivity index is 2.91. The predicted molar refractivity (Wildman–Crippen MR) is 58.5 cm³/mol. The summed E-state index contributed by atoms with van der Waals surface area (Å²) in [7, 11) is 0. The topological polar surface area (TPSA) is 29.1 Å². The minimum absolute atomic E-state index is 0.229. The Morgan fingerprint density at radius 3 is 2.61 bits per heavy atom. The third-order valence-electron chi connectivity index (χ3n) is 2.17. The Morgan fingerprint density at radius 1 is 1.39 bits per heavy atom. The van der Waals surface area contributed by atoms with Gasteiger partial charge in [-0.25, -0.2) is 4.39 Å². The molecule has 0 aliphatic heterocycles. The van der Waals surface area contributed by atoms with Crippen LogP contribution in [0.15, 0.2) is 30.9 Å². The van der Waals surface area contributed by atoms with E-state index in [0.29, 0.717) is 18.6 Å². The first kappa shape index (κ1) is 14.2. The van der Waals surface area contributed by atoms with E-state index in [1.165, 1.54) is 0 Å². The number of benzene rings is 1. The van der Waals surface area contributed by atoms with Crippen LogP contribution in [0, 0.1) is 5.82 Å². The van der Waals surface area contributed by atoms with Crippen LogP contribution in [0.2, 0.25) is 0 Å². The summed E-state index contributed by atoms with van der Waals surface area (Å²) in [5.74, 6) is -2.08. The number of hydrogen-bond donors (Lipinski definition) is 1. The van der Waals surface area contributed by atoms with Crippen LogP contribution in [0.25, 0.3) is 0 Å². The van der Waals surface area contributed by atoms with E-state index in [9.17, 15) is 22.4 Å². The number of carbonyl (C=O) groups is 1. The Bertz CT molecular complexity index is 454. The van der Waals surface area contributed by atoms with Gasteiger partial charge in [-0.15, -0.1) is 6.58 Å². The van der Waals surface area contributed by atoms with Crippen molar-refractivity contribution in [3.63, 3.8) is 0 Å². The highest BCUT2D eigenvalue weighted by molar-refractivity contribution is 5.94. The van der Waals surface area contributed by atoms with E-state index in [0.717, 1.165) is 6.07 Å². The zero-order chi connectivity index (χ0) is 13.8. The molecule has 0 aliphatic carbocycles. The lowest BCUT2D eigenvalue weighted by molar-refractivity contribution is -0.140. The van der Waals surface area contributed by atoms with Crippen LogP contribution < -0.4 is 5.32 Å². The number of alkyl halides is 3. The van der Waals surface area contributed by atoms with Gasteiger partial charge in [-0.2, -0.15) is 13.2 Å². The van der Waals surface area contributed by atoms with Crippen LogP contribution in [-0.4, -0.2) is 12.5 Å². The molecule has 1 rings (SSSR count). The maximum atomic E-state index is 13.0. The molecule has 0 heterocycles. The molecule has 0 bridgehead atoms. The average Bonchev–Trinajstić information content (AvgIpc) is 2.28. The van der Waals surface area contributed by atoms with E-state index in [1.807, 2.05) is 0 Å². The minimum atomic E-state index is -4.82. The second-order valence-corrected chi connectivity index (χ2v) is 3.53. The molecule has 1 amide bonds. The first-order chi connectivity index (χ1) is 8.36. The van der Waals surface area contributed by atoms with Crippen LogP contribution in [0.3, 0.4) is 0 Å². The molecular formula is C12H11F4NO. The summed E-state index contributed by atoms with van der Waals surface area (Å²) < 4.78 is 50.2. The van der Waals surface area contributed by atoms with E-state index in [2.05, 4.69) is 11.9 Å². The van der Waals surface area contributed by atoms with Gasteiger partial charge in [-0.3, -0.25) is 4.79 Å². The largest absolute Gasteiger partial charge is 0.419 e. The van der Waals surface area contributed by atoms with Gasteiger partial charge in [0.05, 0.1) is 5.56 Å². The molecule has 0 fully saturated rings. The summed E-state index contributed by atoms with van der Waals surface area (Å²) in [5, 5.41) is 2.40. The number of nitrogens with one attached hydrogen (secondary N) is 1. The standard InChI is InChI=1S/C12H11F4NO/c1-2-3-6-17-11(18)8-4-5-10(13)9(7-8)12(14,15)16/h2,4-5,7H,1,3,6H2,(H,17,18). The number of halogens is 4. The van der Waals surface area contributed by atoms with Crippen molar-refractivity contribution in [2.45, 2.75) is 12.6 Å². The normalized spacial score (nSPS) is 11.1. The first-order valence-electron chi connectivity index (χ1n) is 5.12. The molecule has 0 saturated carbocycles. The highest BCUT2D eigenvalue weighted by Gasteiger charge is 2.34. The molecule has 18 heavy (non-hydrogen) atoms. The zero-order valence-electron chi connectivity index (χ0n) is 9.35. The molecule has 1 aromatic rings. The molecule has 6 heteroatoms. The van der Waals surface area contributed by atoms with Crippen LogP contribution in [0.5, 0.6) is 0 Å². The van der Waals surface area contributed by atoms with Crippen molar-refractivity contribution >= 4 is 5.91 Å². The highest BCUT2D eigenvalue weighted by atomic mass is 19.4. The summed E-state index contributed by atoms with van der Waals surface area (Å²) in [5.41, 5.74) is -1.67. The van der Waals surface area contributed by atoms with Crippen molar-refractivity contribution < 1.29 is 22.4 Å². The summed E-state index contributed by atoms with van der Waals surface area (Å²) >= 11 is 0. The fourth-order valence-corrected chi connectivity index (χ4v) is 1.27. The third-order valence-corrected chi connectivity index (χ3v) is 2.17. The van der Waals surface area contributed by atoms with Gasteiger partial charge in [-0.1, -0.05) is 6.08 Å². The second-order valence-electron chi connectivity index (χ2n) is 3.53. The molecule has 0 saturated heterocycles. The van der Waals surface area contributed by atoms with Gasteiger partial charge in [0.2, 0.25) is 0 Å². The Hall–Kier alpha value is -1.85. The average molecular weight is 261 g/mol. The van der Waals surface area contributed by atoms with Crippen molar-refractivity contribution in [2.75, 3.05) is 6.54 Å². The van der Waals surface area contributed by atoms with E-state index in [1.54, 1.807) is 6.08 Å². The predicted octanol–water partition coefficient (Wildman–Crippen LogP) is 3.15. The van der Waals surface area contributed by atoms with Crippen molar-refractivity contribution in [2.24, 2.45) is 0 Å². The summed E-state index contributed by atoms with van der Waals surface area (Å²) in [4.78, 5) is 11.5. The molecule has 2 nitrogen and oxygen atoms in total. The van der Waals surface area contributed by atoms with Gasteiger partial charge < -0.3 is 5.32 Å². The van der Waals surface area contributed by atoms with Gasteiger partial charge in [0.1, 0.15) is 5.82 Å². The molecule has 0 aromatic heterocycles. The van der Waals surface area contributed by atoms with Crippen LogP contribution >= 0.6 is 0 Å². The molecule has 0 atom stereocenters. The van der Waals surface area contributed by atoms with E-state index >= 15 is 0 Å². The van der Waals surface area contributed by atoms with Crippen LogP contribution in [0.4, 0.5) is 17.6 Å². The van der Waals surface area contributed by atoms with Gasteiger partial charge in [0, 0.05) is 12.1 Å². The second kappa shape index (κ2) is 5.66. The molecule has 0 radical (unpaired) electrons. The van der Waals surface area contributed by atoms with E-state index < -0.39 is 23.5 Å². The zero-order valence-corrected chi connectivity index (χ0v) is 9.35. The van der Waals surface area contributed by atoms with Gasteiger partial charge in [-0.05, 0) is 24.6 Å². The number of amides is 1. The maximum Gasteiger partial charge on any atom is 0.419 e. The van der Waals surface area contributed by atoms with Crippen LogP contribution in [-0.2, 0) is 6.18 Å². The number of carbonyl (C=O) groups excluding carboxylic acids is 1. The van der Waals surface area contributed by atoms with Crippen LogP contribution in [0.1, 0.15) is 22.3 Å². The van der Waals surface area contributed by atoms with E-state index in [4.69, 9.17) is 0 Å². The molecular weight excluding hydrogens is 250 g/mol. The SMILES string of the molecule is C=CCCNC(=O)c1ccc(F)c(C(F)(F)F)c1. The Kier molecular flexibility index (Phi) is 4.47. The number of hydrogen-bond acceptors (Lipinski definition) is 1. The smallest absolute Gasteiger partial charge is 0.352 e. The minimum Gasteiger partial charge on any atom is -0.352 e. The monoisotopic (exact) mass is 261 g/mol. The van der Waals surface area contributed by atoms with Crippen molar-refractivity contribution in [3.05, 3.63) is 47.8 Å². The Labute approximate surface area is 101 Å². The van der Waals surface area contributed by atoms with Crippen molar-refractivity contribution in [3.8, 4) is 0 Å². The van der Waals surface area contributed by atoms with Crippen molar-refractivity contribution in [1.82, 2.24) is 5.32 Å². The van der Waals surface area contributed by atoms with Gasteiger partial charge in [0.25, 0.3) is 5.91 Å². The van der Waals surface area contributed by atoms with Gasteiger partial charge >= 0.3 is 6.18 Å². The quantitative estimate of drug-likeness (QED) is 0.503. The molecule has 1 N–H and O–H groups in total. The van der Waals surface area contributed by atoms with Crippen molar-refractivity contribution in [1.29, 1.82) is 0 Å². The molecule has 98 valence electrons. The molecule has 0 spiro atoms. The first-order valence-corrected chi connectivity index (χ1v) is 5.12. The summed E-state index contributed by atoms with van der Waals surface area (Å²) in [6.45, 7) is 3.70. The molecule has 0 aliphatic rings. The van der Waals surface area contributed by atoms with E-state index in [-0.39, 0.29) is 12.1 Å². The third kappa shape index (κ3) is 3.58. The summed E-state index contributed by atoms with van der Waals surface area (Å²) in [6, 6.07) is 2.14. The fraction of sp³-hybridized carbons (Fsp3) is 0.250.